The first kappa shape index (κ1) is 26.4. The lowest BCUT2D eigenvalue weighted by Gasteiger charge is -2.25. The maximum Gasteiger partial charge on any atom is 0.416 e. The first-order valence-corrected chi connectivity index (χ1v) is 13.5. The van der Waals surface area contributed by atoms with E-state index in [4.69, 9.17) is 16.3 Å². The number of benzene rings is 3. The summed E-state index contributed by atoms with van der Waals surface area (Å²) >= 11 is 7.13. The smallest absolute Gasteiger partial charge is 0.416 e. The highest BCUT2D eigenvalue weighted by atomic mass is 35.5. The maximum absolute atomic E-state index is 13.6. The Bertz CT molecular complexity index is 1310. The number of halogens is 4. The van der Waals surface area contributed by atoms with Crippen molar-refractivity contribution in [2.75, 3.05) is 18.0 Å². The van der Waals surface area contributed by atoms with E-state index in [1.165, 1.54) is 22.7 Å². The van der Waals surface area contributed by atoms with Gasteiger partial charge in [0, 0.05) is 30.2 Å². The molecule has 5 nitrogen and oxygen atoms in total. The molecule has 2 fully saturated rings. The number of thioether (sulfide) groups is 1. The molecule has 2 aliphatic heterocycles. The van der Waals surface area contributed by atoms with Gasteiger partial charge in [0.25, 0.3) is 0 Å². The molecule has 0 spiro atoms. The van der Waals surface area contributed by atoms with Crippen LogP contribution in [0.5, 0.6) is 11.5 Å². The van der Waals surface area contributed by atoms with Crippen molar-refractivity contribution >= 4 is 40.9 Å². The Morgan fingerprint density at radius 3 is 2.24 bits per heavy atom. The van der Waals surface area contributed by atoms with Crippen molar-refractivity contribution in [2.45, 2.75) is 36.1 Å². The van der Waals surface area contributed by atoms with E-state index in [0.717, 1.165) is 25.0 Å². The molecular weight excluding hydrogens is 537 g/mol. The molecule has 3 aromatic carbocycles. The van der Waals surface area contributed by atoms with Crippen LogP contribution in [0.15, 0.2) is 72.8 Å². The molecule has 0 aromatic heterocycles. The Labute approximate surface area is 227 Å². The van der Waals surface area contributed by atoms with Gasteiger partial charge in [-0.3, -0.25) is 14.5 Å². The number of nitrogens with zero attached hydrogens (tertiary/aromatic N) is 2. The fourth-order valence-corrected chi connectivity index (χ4v) is 6.16. The van der Waals surface area contributed by atoms with Crippen molar-refractivity contribution < 1.29 is 27.5 Å². The van der Waals surface area contributed by atoms with Crippen molar-refractivity contribution in [1.29, 1.82) is 0 Å². The molecule has 0 radical (unpaired) electrons. The van der Waals surface area contributed by atoms with Crippen LogP contribution in [0.1, 0.15) is 35.8 Å². The van der Waals surface area contributed by atoms with Crippen LogP contribution in [-0.2, 0) is 15.8 Å². The van der Waals surface area contributed by atoms with Crippen molar-refractivity contribution in [1.82, 2.24) is 4.90 Å². The van der Waals surface area contributed by atoms with Crippen molar-refractivity contribution in [2.24, 2.45) is 0 Å². The molecule has 0 aliphatic carbocycles. The average molecular weight is 561 g/mol. The molecule has 2 amide bonds. The van der Waals surface area contributed by atoms with Crippen LogP contribution in [0.2, 0.25) is 5.02 Å². The fourth-order valence-electron chi connectivity index (χ4n) is 4.61. The minimum atomic E-state index is -4.51. The van der Waals surface area contributed by atoms with Crippen molar-refractivity contribution in [3.63, 3.8) is 0 Å². The zero-order valence-corrected chi connectivity index (χ0v) is 21.7. The summed E-state index contributed by atoms with van der Waals surface area (Å²) in [6.45, 7) is 1.33. The van der Waals surface area contributed by atoms with Crippen LogP contribution < -0.4 is 9.64 Å². The highest BCUT2D eigenvalue weighted by Crippen LogP contribution is 2.48. The first-order chi connectivity index (χ1) is 18.2. The Kier molecular flexibility index (Phi) is 7.59. The van der Waals surface area contributed by atoms with Gasteiger partial charge in [-0.05, 0) is 79.1 Å². The van der Waals surface area contributed by atoms with E-state index in [1.807, 2.05) is 0 Å². The molecule has 5 rings (SSSR count). The van der Waals surface area contributed by atoms with Crippen LogP contribution in [0.25, 0.3) is 0 Å². The number of carbonyl (C=O) groups is 2. The molecule has 3 aromatic rings. The maximum atomic E-state index is 13.6. The Balaban J connectivity index is 1.42. The van der Waals surface area contributed by atoms with Gasteiger partial charge in [-0.1, -0.05) is 23.7 Å². The summed E-state index contributed by atoms with van der Waals surface area (Å²) in [6.07, 6.45) is -2.64. The number of ether oxygens (including phenoxy) is 1. The topological polar surface area (TPSA) is 49.9 Å². The van der Waals surface area contributed by atoms with Gasteiger partial charge in [-0.25, -0.2) is 0 Å². The monoisotopic (exact) mass is 560 g/mol. The number of amides is 2. The molecule has 38 heavy (non-hydrogen) atoms. The Hall–Kier alpha value is -3.17. The van der Waals surface area contributed by atoms with Crippen LogP contribution in [-0.4, -0.2) is 35.1 Å². The predicted octanol–water partition coefficient (Wildman–Crippen LogP) is 7.31. The summed E-state index contributed by atoms with van der Waals surface area (Å²) in [7, 11) is 0. The summed E-state index contributed by atoms with van der Waals surface area (Å²) in [5.74, 6) is 0.685. The van der Waals surface area contributed by atoms with E-state index in [2.05, 4.69) is 0 Å². The summed E-state index contributed by atoms with van der Waals surface area (Å²) in [5, 5.41) is -0.840. The lowest BCUT2D eigenvalue weighted by atomic mass is 10.1. The van der Waals surface area contributed by atoms with Gasteiger partial charge >= 0.3 is 6.18 Å². The second-order valence-corrected chi connectivity index (χ2v) is 10.9. The third kappa shape index (κ3) is 5.78. The van der Waals surface area contributed by atoms with Gasteiger partial charge in [0.1, 0.15) is 16.9 Å². The summed E-state index contributed by atoms with van der Waals surface area (Å²) < 4.78 is 46.2. The van der Waals surface area contributed by atoms with E-state index >= 15 is 0 Å². The minimum absolute atomic E-state index is 0.00717. The first-order valence-electron chi connectivity index (χ1n) is 12.2. The number of carbonyl (C=O) groups excluding carboxylic acids is 2. The van der Waals surface area contributed by atoms with Crippen LogP contribution in [0.4, 0.5) is 18.9 Å². The van der Waals surface area contributed by atoms with E-state index < -0.39 is 22.4 Å². The van der Waals surface area contributed by atoms with Crippen molar-refractivity contribution in [3.8, 4) is 11.5 Å². The minimum Gasteiger partial charge on any atom is -0.457 e. The number of alkyl halides is 3. The number of hydrogen-bond donors (Lipinski definition) is 0. The van der Waals surface area contributed by atoms with Crippen LogP contribution in [0, 0.1) is 0 Å². The number of anilines is 1. The largest absolute Gasteiger partial charge is 0.457 e. The molecular formula is C28H24ClF3N2O3S. The van der Waals surface area contributed by atoms with Crippen LogP contribution >= 0.6 is 23.4 Å². The third-order valence-corrected chi connectivity index (χ3v) is 8.21. The Morgan fingerprint density at radius 1 is 0.974 bits per heavy atom. The number of likely N-dealkylation sites (tertiary alicyclic amines) is 1. The molecule has 2 heterocycles. The average Bonchev–Trinajstić information content (AvgIpc) is 3.55. The van der Waals surface area contributed by atoms with E-state index in [-0.39, 0.29) is 18.2 Å². The molecule has 2 saturated heterocycles. The van der Waals surface area contributed by atoms with Gasteiger partial charge < -0.3 is 9.64 Å². The molecule has 0 unspecified atom stereocenters. The van der Waals surface area contributed by atoms with Crippen molar-refractivity contribution in [3.05, 3.63) is 88.9 Å². The zero-order chi connectivity index (χ0) is 26.9. The number of hydrogen-bond acceptors (Lipinski definition) is 4. The summed E-state index contributed by atoms with van der Waals surface area (Å²) in [4.78, 5) is 29.7. The lowest BCUT2D eigenvalue weighted by Crippen LogP contribution is -2.35. The molecule has 0 saturated carbocycles. The quantitative estimate of drug-likeness (QED) is 0.317. The highest BCUT2D eigenvalue weighted by molar-refractivity contribution is 8.01. The summed E-state index contributed by atoms with van der Waals surface area (Å²) in [6, 6.07) is 18.6. The highest BCUT2D eigenvalue weighted by Gasteiger charge is 2.44. The summed E-state index contributed by atoms with van der Waals surface area (Å²) in [5.41, 5.74) is 0.0616. The van der Waals surface area contributed by atoms with E-state index in [1.54, 1.807) is 59.5 Å². The van der Waals surface area contributed by atoms with E-state index in [0.29, 0.717) is 40.9 Å². The van der Waals surface area contributed by atoms with Gasteiger partial charge in [-0.2, -0.15) is 13.2 Å². The molecule has 2 atom stereocenters. The molecule has 10 heteroatoms. The molecule has 2 aliphatic rings. The second kappa shape index (κ2) is 10.9. The second-order valence-electron chi connectivity index (χ2n) is 9.15. The Morgan fingerprint density at radius 2 is 1.61 bits per heavy atom. The normalized spacial score (nSPS) is 19.7. The van der Waals surface area contributed by atoms with Gasteiger partial charge in [0.15, 0.2) is 0 Å². The predicted molar refractivity (Wildman–Crippen MR) is 141 cm³/mol. The zero-order valence-electron chi connectivity index (χ0n) is 20.2. The lowest BCUT2D eigenvalue weighted by molar-refractivity contribution is -0.137. The molecule has 0 N–H and O–H groups in total. The molecule has 0 bridgehead atoms. The third-order valence-electron chi connectivity index (χ3n) is 6.52. The van der Waals surface area contributed by atoms with Gasteiger partial charge in [-0.15, -0.1) is 11.8 Å². The SMILES string of the molecule is O=C(C[C@@H]1S[C@H](c2cccc(C(F)(F)F)c2)N(c2ccc(Oc3ccc(Cl)cc3)cc2)C1=O)N1CCCC1. The standard InChI is InChI=1S/C28H24ClF3N2O3S/c29-20-6-10-22(11-7-20)37-23-12-8-21(9-13-23)34-26(36)24(17-25(35)33-14-1-2-15-33)38-27(34)18-4-3-5-19(16-18)28(30,31)32/h3-13,16,24,27H,1-2,14-15,17H2/t24-,27+/m0/s1. The van der Waals surface area contributed by atoms with Crippen LogP contribution in [0.3, 0.4) is 0 Å². The molecule has 198 valence electrons. The van der Waals surface area contributed by atoms with E-state index in [9.17, 15) is 22.8 Å². The van der Waals surface area contributed by atoms with Gasteiger partial charge in [0.2, 0.25) is 11.8 Å². The van der Waals surface area contributed by atoms with Gasteiger partial charge in [0.05, 0.1) is 10.8 Å². The fraction of sp³-hybridized carbons (Fsp3) is 0.286. The number of rotatable bonds is 6.